The number of benzene rings is 1. The van der Waals surface area contributed by atoms with Crippen LogP contribution in [-0.2, 0) is 0 Å². The maximum Gasteiger partial charge on any atom is 0.0646 e. The van der Waals surface area contributed by atoms with Gasteiger partial charge >= 0.3 is 0 Å². The molecular weight excluding hydrogens is 234 g/mol. The maximum absolute atomic E-state index is 6.19. The van der Waals surface area contributed by atoms with Crippen LogP contribution in [0.5, 0.6) is 0 Å². The minimum atomic E-state index is 0.0145. The van der Waals surface area contributed by atoms with Gasteiger partial charge in [0.05, 0.1) is 6.04 Å². The smallest absolute Gasteiger partial charge is 0.0646 e. The van der Waals surface area contributed by atoms with Crippen LogP contribution in [0.3, 0.4) is 0 Å². The summed E-state index contributed by atoms with van der Waals surface area (Å²) in [5.74, 6) is 1.11. The van der Waals surface area contributed by atoms with Crippen LogP contribution in [0.25, 0.3) is 0 Å². The minimum absolute atomic E-state index is 0.0145. The van der Waals surface area contributed by atoms with E-state index in [0.29, 0.717) is 0 Å². The second kappa shape index (κ2) is 5.53. The normalized spacial score (nSPS) is 12.6. The molecule has 2 N–H and O–H groups in total. The molecule has 16 heavy (non-hydrogen) atoms. The van der Waals surface area contributed by atoms with Gasteiger partial charge in [-0.1, -0.05) is 25.1 Å². The lowest BCUT2D eigenvalue weighted by molar-refractivity contribution is 0.891. The van der Waals surface area contributed by atoms with E-state index in [1.807, 2.05) is 17.8 Å². The first kappa shape index (κ1) is 11.7. The van der Waals surface area contributed by atoms with Crippen LogP contribution >= 0.6 is 23.1 Å². The maximum atomic E-state index is 6.19. The van der Waals surface area contributed by atoms with Gasteiger partial charge in [0, 0.05) is 9.77 Å². The topological polar surface area (TPSA) is 26.0 Å². The molecule has 0 saturated carbocycles. The zero-order valence-electron chi connectivity index (χ0n) is 9.22. The van der Waals surface area contributed by atoms with E-state index in [1.165, 1.54) is 15.3 Å². The molecule has 0 aliphatic heterocycles. The van der Waals surface area contributed by atoms with Crippen molar-refractivity contribution in [3.8, 4) is 0 Å². The third-order valence-electron chi connectivity index (χ3n) is 2.40. The van der Waals surface area contributed by atoms with E-state index in [9.17, 15) is 0 Å². The largest absolute Gasteiger partial charge is 0.320 e. The van der Waals surface area contributed by atoms with Gasteiger partial charge in [0.15, 0.2) is 0 Å². The molecule has 0 amide bonds. The van der Waals surface area contributed by atoms with Crippen molar-refractivity contribution < 1.29 is 0 Å². The van der Waals surface area contributed by atoms with Gasteiger partial charge in [0.25, 0.3) is 0 Å². The van der Waals surface area contributed by atoms with Crippen molar-refractivity contribution >= 4 is 23.1 Å². The molecule has 1 heterocycles. The second-order valence-corrected chi connectivity index (χ2v) is 5.81. The molecule has 0 radical (unpaired) electrons. The SMILES string of the molecule is CCSc1ccc(C(N)c2cccs2)cc1. The fraction of sp³-hybridized carbons (Fsp3) is 0.231. The molecular formula is C13H15NS2. The molecule has 0 fully saturated rings. The molecule has 84 valence electrons. The molecule has 2 aromatic rings. The Kier molecular flexibility index (Phi) is 4.04. The van der Waals surface area contributed by atoms with Crippen LogP contribution < -0.4 is 5.73 Å². The fourth-order valence-electron chi connectivity index (χ4n) is 1.57. The van der Waals surface area contributed by atoms with Crippen molar-refractivity contribution in [3.63, 3.8) is 0 Å². The first-order valence-electron chi connectivity index (χ1n) is 5.33. The first-order chi connectivity index (χ1) is 7.81. The van der Waals surface area contributed by atoms with Gasteiger partial charge in [-0.05, 0) is 34.9 Å². The second-order valence-electron chi connectivity index (χ2n) is 3.50. The van der Waals surface area contributed by atoms with Gasteiger partial charge in [-0.3, -0.25) is 0 Å². The summed E-state index contributed by atoms with van der Waals surface area (Å²) in [6, 6.07) is 12.7. The number of hydrogen-bond acceptors (Lipinski definition) is 3. The highest BCUT2D eigenvalue weighted by molar-refractivity contribution is 7.99. The molecule has 1 aromatic heterocycles. The van der Waals surface area contributed by atoms with Crippen molar-refractivity contribution in [2.45, 2.75) is 17.9 Å². The Hall–Kier alpha value is -0.770. The molecule has 0 bridgehead atoms. The van der Waals surface area contributed by atoms with Gasteiger partial charge in [-0.2, -0.15) is 0 Å². The summed E-state index contributed by atoms with van der Waals surface area (Å²) in [4.78, 5) is 2.53. The van der Waals surface area contributed by atoms with E-state index in [4.69, 9.17) is 5.73 Å². The van der Waals surface area contributed by atoms with Crippen LogP contribution in [0.2, 0.25) is 0 Å². The van der Waals surface area contributed by atoms with E-state index in [0.717, 1.165) is 5.75 Å². The first-order valence-corrected chi connectivity index (χ1v) is 7.19. The molecule has 1 atom stereocenters. The fourth-order valence-corrected chi connectivity index (χ4v) is 2.99. The lowest BCUT2D eigenvalue weighted by atomic mass is 10.1. The summed E-state index contributed by atoms with van der Waals surface area (Å²) in [5, 5.41) is 2.07. The predicted octanol–water partition coefficient (Wildman–Crippen LogP) is 3.91. The summed E-state index contributed by atoms with van der Waals surface area (Å²) in [6.07, 6.45) is 0. The standard InChI is InChI=1S/C13H15NS2/c1-2-15-11-7-5-10(6-8-11)13(14)12-4-3-9-16-12/h3-9,13H,2,14H2,1H3. The van der Waals surface area contributed by atoms with Crippen LogP contribution in [0, 0.1) is 0 Å². The zero-order chi connectivity index (χ0) is 11.4. The number of hydrogen-bond donors (Lipinski definition) is 1. The number of nitrogens with two attached hydrogens (primary N) is 1. The highest BCUT2D eigenvalue weighted by atomic mass is 32.2. The summed E-state index contributed by atoms with van der Waals surface area (Å²) >= 11 is 3.57. The van der Waals surface area contributed by atoms with Gasteiger partial charge in [0.1, 0.15) is 0 Å². The third kappa shape index (κ3) is 2.67. The lowest BCUT2D eigenvalue weighted by Crippen LogP contribution is -2.09. The quantitative estimate of drug-likeness (QED) is 0.831. The monoisotopic (exact) mass is 249 g/mol. The van der Waals surface area contributed by atoms with Crippen LogP contribution in [-0.4, -0.2) is 5.75 Å². The van der Waals surface area contributed by atoms with Crippen molar-refractivity contribution in [1.82, 2.24) is 0 Å². The Labute approximate surface area is 105 Å². The van der Waals surface area contributed by atoms with E-state index >= 15 is 0 Å². The number of thiophene rings is 1. The van der Waals surface area contributed by atoms with Crippen LogP contribution in [0.1, 0.15) is 23.4 Å². The number of thioether (sulfide) groups is 1. The summed E-state index contributed by atoms with van der Waals surface area (Å²) in [5.41, 5.74) is 7.37. The molecule has 1 aromatic carbocycles. The van der Waals surface area contributed by atoms with E-state index in [-0.39, 0.29) is 6.04 Å². The molecule has 0 spiro atoms. The summed E-state index contributed by atoms with van der Waals surface area (Å²) in [6.45, 7) is 2.16. The molecule has 0 aliphatic carbocycles. The zero-order valence-corrected chi connectivity index (χ0v) is 10.9. The van der Waals surface area contributed by atoms with Gasteiger partial charge in [-0.25, -0.2) is 0 Å². The molecule has 3 heteroatoms. The highest BCUT2D eigenvalue weighted by Gasteiger charge is 2.09. The number of rotatable bonds is 4. The van der Waals surface area contributed by atoms with Crippen molar-refractivity contribution in [2.24, 2.45) is 5.73 Å². The van der Waals surface area contributed by atoms with Crippen molar-refractivity contribution in [1.29, 1.82) is 0 Å². The van der Waals surface area contributed by atoms with E-state index < -0.39 is 0 Å². The Balaban J connectivity index is 2.15. The minimum Gasteiger partial charge on any atom is -0.320 e. The lowest BCUT2D eigenvalue weighted by Gasteiger charge is -2.10. The molecule has 0 aliphatic rings. The van der Waals surface area contributed by atoms with E-state index in [2.05, 4.69) is 42.6 Å². The van der Waals surface area contributed by atoms with Gasteiger partial charge in [-0.15, -0.1) is 23.1 Å². The Morgan fingerprint density at radius 3 is 2.56 bits per heavy atom. The Bertz CT molecular complexity index is 420. The highest BCUT2D eigenvalue weighted by Crippen LogP contribution is 2.25. The third-order valence-corrected chi connectivity index (χ3v) is 4.25. The average Bonchev–Trinajstić information content (AvgIpc) is 2.83. The predicted molar refractivity (Wildman–Crippen MR) is 73.2 cm³/mol. The Morgan fingerprint density at radius 2 is 2.00 bits per heavy atom. The summed E-state index contributed by atoms with van der Waals surface area (Å²) < 4.78 is 0. The summed E-state index contributed by atoms with van der Waals surface area (Å²) in [7, 11) is 0. The molecule has 1 unspecified atom stereocenters. The average molecular weight is 249 g/mol. The van der Waals surface area contributed by atoms with Crippen LogP contribution in [0.4, 0.5) is 0 Å². The van der Waals surface area contributed by atoms with E-state index in [1.54, 1.807) is 11.3 Å². The molecule has 1 nitrogen and oxygen atoms in total. The van der Waals surface area contributed by atoms with Crippen LogP contribution in [0.15, 0.2) is 46.7 Å². The van der Waals surface area contributed by atoms with Crippen molar-refractivity contribution in [2.75, 3.05) is 5.75 Å². The molecule has 2 rings (SSSR count). The van der Waals surface area contributed by atoms with Gasteiger partial charge < -0.3 is 5.73 Å². The van der Waals surface area contributed by atoms with Gasteiger partial charge in [0.2, 0.25) is 0 Å². The Morgan fingerprint density at radius 1 is 1.25 bits per heavy atom. The molecule has 0 saturated heterocycles. The van der Waals surface area contributed by atoms with Crippen molar-refractivity contribution in [3.05, 3.63) is 52.2 Å².